The van der Waals surface area contributed by atoms with Gasteiger partial charge in [-0.1, -0.05) is 62.1 Å². The average Bonchev–Trinajstić information content (AvgIpc) is 2.68. The van der Waals surface area contributed by atoms with E-state index in [9.17, 15) is 16.8 Å². The van der Waals surface area contributed by atoms with Gasteiger partial charge in [-0.2, -0.15) is 16.8 Å². The molecule has 0 aromatic heterocycles. The molecule has 0 spiro atoms. The topological polar surface area (TPSA) is 86.7 Å². The van der Waals surface area contributed by atoms with Gasteiger partial charge in [-0.25, -0.2) is 0 Å². The minimum Gasteiger partial charge on any atom is -0.260 e. The zero-order chi connectivity index (χ0) is 22.4. The fraction of sp³-hybridized carbons (Fsp3) is 0.455. The first-order valence-electron chi connectivity index (χ1n) is 10.1. The first-order chi connectivity index (χ1) is 14.1. The van der Waals surface area contributed by atoms with E-state index in [1.54, 1.807) is 24.3 Å². The lowest BCUT2D eigenvalue weighted by molar-refractivity contribution is 0.0505. The Kier molecular flexibility index (Phi) is 8.61. The van der Waals surface area contributed by atoms with Gasteiger partial charge in [-0.05, 0) is 51.0 Å². The third-order valence-electron chi connectivity index (χ3n) is 4.68. The van der Waals surface area contributed by atoms with Gasteiger partial charge in [0, 0.05) is 0 Å². The lowest BCUT2D eigenvalue weighted by atomic mass is 10.1. The summed E-state index contributed by atoms with van der Waals surface area (Å²) >= 11 is 0. The van der Waals surface area contributed by atoms with Crippen LogP contribution >= 0.6 is 0 Å². The summed E-state index contributed by atoms with van der Waals surface area (Å²) in [6.07, 6.45) is 0.0889. The van der Waals surface area contributed by atoms with E-state index < -0.39 is 32.4 Å². The standard InChI is InChI=1S/C22H30O6S2/c1-5-7-21(27-29(23,24)19-13-9-17(3)10-14-19)22(8-6-2)28-30(25,26)20-15-11-18(4)12-16-20/h9-16,21-22H,5-8H2,1-4H3. The van der Waals surface area contributed by atoms with E-state index in [2.05, 4.69) is 0 Å². The van der Waals surface area contributed by atoms with Gasteiger partial charge in [0.1, 0.15) is 12.2 Å². The normalized spacial score (nSPS) is 14.4. The van der Waals surface area contributed by atoms with Crippen molar-refractivity contribution in [3.8, 4) is 0 Å². The highest BCUT2D eigenvalue weighted by atomic mass is 32.2. The second-order valence-electron chi connectivity index (χ2n) is 7.38. The molecule has 0 N–H and O–H groups in total. The van der Waals surface area contributed by atoms with E-state index in [1.807, 2.05) is 27.7 Å². The number of hydrogen-bond acceptors (Lipinski definition) is 6. The van der Waals surface area contributed by atoms with E-state index in [0.717, 1.165) is 11.1 Å². The van der Waals surface area contributed by atoms with Crippen molar-refractivity contribution in [3.05, 3.63) is 59.7 Å². The molecule has 2 aromatic rings. The summed E-state index contributed by atoms with van der Waals surface area (Å²) in [5, 5.41) is 0. The summed E-state index contributed by atoms with van der Waals surface area (Å²) in [4.78, 5) is 0.0664. The molecule has 2 unspecified atom stereocenters. The Balaban J connectivity index is 2.30. The van der Waals surface area contributed by atoms with Gasteiger partial charge in [0.25, 0.3) is 20.2 Å². The second-order valence-corrected chi connectivity index (χ2v) is 10.5. The van der Waals surface area contributed by atoms with Gasteiger partial charge in [-0.15, -0.1) is 0 Å². The SMILES string of the molecule is CCCC(OS(=O)(=O)c1ccc(C)cc1)C(CCC)OS(=O)(=O)c1ccc(C)cc1. The van der Waals surface area contributed by atoms with E-state index in [-0.39, 0.29) is 9.79 Å². The van der Waals surface area contributed by atoms with Crippen LogP contribution in [0.4, 0.5) is 0 Å². The molecule has 166 valence electrons. The minimum absolute atomic E-state index is 0.0332. The Labute approximate surface area is 180 Å². The number of hydrogen-bond donors (Lipinski definition) is 0. The molecule has 0 saturated carbocycles. The van der Waals surface area contributed by atoms with Crippen LogP contribution in [0.1, 0.15) is 50.7 Å². The van der Waals surface area contributed by atoms with Gasteiger partial charge in [-0.3, -0.25) is 8.37 Å². The molecule has 6 nitrogen and oxygen atoms in total. The monoisotopic (exact) mass is 454 g/mol. The van der Waals surface area contributed by atoms with Crippen molar-refractivity contribution in [2.75, 3.05) is 0 Å². The first kappa shape index (κ1) is 24.5. The van der Waals surface area contributed by atoms with Crippen LogP contribution in [0.5, 0.6) is 0 Å². The third kappa shape index (κ3) is 6.63. The van der Waals surface area contributed by atoms with Crippen LogP contribution in [-0.4, -0.2) is 29.0 Å². The molecule has 0 heterocycles. The summed E-state index contributed by atoms with van der Waals surface area (Å²) in [6.45, 7) is 7.48. The number of benzene rings is 2. The van der Waals surface area contributed by atoms with Gasteiger partial charge >= 0.3 is 0 Å². The smallest absolute Gasteiger partial charge is 0.260 e. The Morgan fingerprint density at radius 3 is 1.20 bits per heavy atom. The van der Waals surface area contributed by atoms with Gasteiger partial charge in [0.15, 0.2) is 0 Å². The Hall–Kier alpha value is -1.74. The molecule has 2 aromatic carbocycles. The van der Waals surface area contributed by atoms with Crippen molar-refractivity contribution < 1.29 is 25.2 Å². The van der Waals surface area contributed by atoms with Crippen LogP contribution in [0.15, 0.2) is 58.3 Å². The lowest BCUT2D eigenvalue weighted by Gasteiger charge is -2.26. The minimum atomic E-state index is -4.06. The quantitative estimate of drug-likeness (QED) is 0.455. The Morgan fingerprint density at radius 2 is 0.933 bits per heavy atom. The number of aryl methyl sites for hydroxylation is 2. The molecule has 0 amide bonds. The van der Waals surface area contributed by atoms with Crippen molar-refractivity contribution in [1.82, 2.24) is 0 Å². The molecular weight excluding hydrogens is 424 g/mol. The molecule has 30 heavy (non-hydrogen) atoms. The fourth-order valence-electron chi connectivity index (χ4n) is 3.01. The summed E-state index contributed by atoms with van der Waals surface area (Å²) < 4.78 is 62.1. The van der Waals surface area contributed by atoms with Crippen molar-refractivity contribution in [2.45, 2.75) is 75.4 Å². The average molecular weight is 455 g/mol. The molecule has 0 bridgehead atoms. The highest BCUT2D eigenvalue weighted by molar-refractivity contribution is 7.87. The maximum Gasteiger partial charge on any atom is 0.297 e. The largest absolute Gasteiger partial charge is 0.297 e. The molecule has 2 atom stereocenters. The van der Waals surface area contributed by atoms with Gasteiger partial charge in [0.05, 0.1) is 9.79 Å². The maximum absolute atomic E-state index is 12.8. The van der Waals surface area contributed by atoms with Gasteiger partial charge in [0.2, 0.25) is 0 Å². The predicted molar refractivity (Wildman–Crippen MR) is 116 cm³/mol. The molecule has 0 radical (unpaired) electrons. The molecule has 8 heteroatoms. The van der Waals surface area contributed by atoms with Crippen LogP contribution in [0, 0.1) is 13.8 Å². The van der Waals surface area contributed by atoms with E-state index >= 15 is 0 Å². The van der Waals surface area contributed by atoms with E-state index in [4.69, 9.17) is 8.37 Å². The second kappa shape index (κ2) is 10.5. The van der Waals surface area contributed by atoms with Crippen LogP contribution in [0.25, 0.3) is 0 Å². The van der Waals surface area contributed by atoms with Crippen molar-refractivity contribution in [2.24, 2.45) is 0 Å². The van der Waals surface area contributed by atoms with Crippen LogP contribution in [-0.2, 0) is 28.6 Å². The van der Waals surface area contributed by atoms with Gasteiger partial charge < -0.3 is 0 Å². The zero-order valence-corrected chi connectivity index (χ0v) is 19.5. The fourth-order valence-corrected chi connectivity index (χ4v) is 5.26. The molecule has 0 saturated heterocycles. The predicted octanol–water partition coefficient (Wildman–Crippen LogP) is 4.75. The van der Waals surface area contributed by atoms with Crippen molar-refractivity contribution in [1.29, 1.82) is 0 Å². The van der Waals surface area contributed by atoms with E-state index in [1.165, 1.54) is 24.3 Å². The molecule has 2 rings (SSSR count). The van der Waals surface area contributed by atoms with E-state index in [0.29, 0.717) is 25.7 Å². The summed E-state index contributed by atoms with van der Waals surface area (Å²) in [5.74, 6) is 0. The van der Waals surface area contributed by atoms with Crippen molar-refractivity contribution >= 4 is 20.2 Å². The summed E-state index contributed by atoms with van der Waals surface area (Å²) in [6, 6.07) is 12.7. The highest BCUT2D eigenvalue weighted by Gasteiger charge is 2.32. The molecule has 0 fully saturated rings. The maximum atomic E-state index is 12.8. The van der Waals surface area contributed by atoms with Crippen LogP contribution in [0.2, 0.25) is 0 Å². The first-order valence-corrected chi connectivity index (χ1v) is 12.9. The lowest BCUT2D eigenvalue weighted by Crippen LogP contribution is -2.35. The molecule has 0 aliphatic rings. The number of rotatable bonds is 11. The zero-order valence-electron chi connectivity index (χ0n) is 17.9. The van der Waals surface area contributed by atoms with Crippen LogP contribution < -0.4 is 0 Å². The Bertz CT molecular complexity index is 925. The van der Waals surface area contributed by atoms with Crippen molar-refractivity contribution in [3.63, 3.8) is 0 Å². The molecule has 0 aliphatic carbocycles. The summed E-state index contributed by atoms with van der Waals surface area (Å²) in [5.41, 5.74) is 1.85. The molecular formula is C22H30O6S2. The van der Waals surface area contributed by atoms with Crippen LogP contribution in [0.3, 0.4) is 0 Å². The molecule has 0 aliphatic heterocycles. The third-order valence-corrected chi connectivity index (χ3v) is 7.38. The highest BCUT2D eigenvalue weighted by Crippen LogP contribution is 2.25. The Morgan fingerprint density at radius 1 is 0.633 bits per heavy atom. The summed E-state index contributed by atoms with van der Waals surface area (Å²) in [7, 11) is -8.12.